The molecule has 6 heteroatoms. The van der Waals surface area contributed by atoms with Crippen molar-refractivity contribution in [2.45, 2.75) is 51.0 Å². The lowest BCUT2D eigenvalue weighted by Crippen LogP contribution is -2.41. The molecule has 1 aliphatic carbocycles. The molecule has 124 valence electrons. The van der Waals surface area contributed by atoms with Crippen LogP contribution in [-0.2, 0) is 4.74 Å². The van der Waals surface area contributed by atoms with Crippen molar-refractivity contribution in [3.05, 3.63) is 0 Å². The van der Waals surface area contributed by atoms with Crippen LogP contribution in [0.25, 0.3) is 0 Å². The summed E-state index contributed by atoms with van der Waals surface area (Å²) >= 11 is 0. The summed E-state index contributed by atoms with van der Waals surface area (Å²) in [6.45, 7) is 5.93. The Kier molecular flexibility index (Phi) is 10.4. The summed E-state index contributed by atoms with van der Waals surface area (Å²) in [5.41, 5.74) is 5.94. The minimum Gasteiger partial charge on any atom is -0.379 e. The molecule has 0 unspecified atom stereocenters. The highest BCUT2D eigenvalue weighted by Gasteiger charge is 2.13. The van der Waals surface area contributed by atoms with Crippen molar-refractivity contribution < 1.29 is 4.74 Å². The summed E-state index contributed by atoms with van der Waals surface area (Å²) in [4.78, 5) is 6.91. The number of morpholine rings is 1. The van der Waals surface area contributed by atoms with Crippen molar-refractivity contribution in [3.8, 4) is 0 Å². The summed E-state index contributed by atoms with van der Waals surface area (Å²) in [5.74, 6) is 0.642. The van der Waals surface area contributed by atoms with Gasteiger partial charge in [0.1, 0.15) is 0 Å². The number of nitrogens with zero attached hydrogens (tertiary/aromatic N) is 2. The summed E-state index contributed by atoms with van der Waals surface area (Å²) < 4.78 is 5.34. The topological polar surface area (TPSA) is 62.9 Å². The molecule has 2 rings (SSSR count). The van der Waals surface area contributed by atoms with Gasteiger partial charge in [-0.05, 0) is 32.2 Å². The number of nitrogens with two attached hydrogens (primary N) is 1. The van der Waals surface area contributed by atoms with Crippen LogP contribution in [0.2, 0.25) is 0 Å². The maximum atomic E-state index is 5.94. The van der Waals surface area contributed by atoms with Gasteiger partial charge < -0.3 is 15.8 Å². The molecule has 1 heterocycles. The second-order valence-corrected chi connectivity index (χ2v) is 5.91. The molecule has 0 aromatic carbocycles. The summed E-state index contributed by atoms with van der Waals surface area (Å²) in [6, 6.07) is 0.556. The molecule has 5 nitrogen and oxygen atoms in total. The Morgan fingerprint density at radius 3 is 2.57 bits per heavy atom. The largest absolute Gasteiger partial charge is 0.379 e. The third-order valence-electron chi connectivity index (χ3n) is 4.23. The number of hydrogen-bond acceptors (Lipinski definition) is 3. The predicted octanol–water partition coefficient (Wildman–Crippen LogP) is 1.95. The Bertz CT molecular complexity index is 289. The van der Waals surface area contributed by atoms with Crippen LogP contribution in [-0.4, -0.2) is 56.3 Å². The summed E-state index contributed by atoms with van der Waals surface area (Å²) in [7, 11) is 0. The zero-order valence-electron chi connectivity index (χ0n) is 13.1. The summed E-state index contributed by atoms with van der Waals surface area (Å²) in [5, 5.41) is 3.36. The molecule has 0 aromatic heterocycles. The van der Waals surface area contributed by atoms with Crippen molar-refractivity contribution in [1.29, 1.82) is 0 Å². The molecule has 2 aliphatic rings. The van der Waals surface area contributed by atoms with Crippen LogP contribution in [0.4, 0.5) is 0 Å². The Hall–Kier alpha value is -0.0800. The molecule has 21 heavy (non-hydrogen) atoms. The van der Waals surface area contributed by atoms with E-state index in [9.17, 15) is 0 Å². The fourth-order valence-electron chi connectivity index (χ4n) is 2.97. The van der Waals surface area contributed by atoms with E-state index in [1.165, 1.54) is 38.5 Å². The van der Waals surface area contributed by atoms with E-state index in [4.69, 9.17) is 10.5 Å². The maximum absolute atomic E-state index is 5.94. The van der Waals surface area contributed by atoms with Crippen LogP contribution in [0.1, 0.15) is 44.9 Å². The number of hydrogen-bond donors (Lipinski definition) is 2. The van der Waals surface area contributed by atoms with E-state index < -0.39 is 0 Å². The van der Waals surface area contributed by atoms with Crippen LogP contribution in [0.15, 0.2) is 4.99 Å². The molecule has 3 N–H and O–H groups in total. The first-order chi connectivity index (χ1) is 9.84. The van der Waals surface area contributed by atoms with E-state index in [0.717, 1.165) is 45.8 Å². The average Bonchev–Trinajstić information content (AvgIpc) is 2.49. The molecule has 0 aromatic rings. The Morgan fingerprint density at radius 2 is 1.86 bits per heavy atom. The first kappa shape index (κ1) is 19.0. The molecule has 2 fully saturated rings. The van der Waals surface area contributed by atoms with Gasteiger partial charge in [-0.3, -0.25) is 9.89 Å². The van der Waals surface area contributed by atoms with E-state index in [2.05, 4.69) is 15.2 Å². The predicted molar refractivity (Wildman–Crippen MR) is 98.4 cm³/mol. The smallest absolute Gasteiger partial charge is 0.188 e. The summed E-state index contributed by atoms with van der Waals surface area (Å²) in [6.07, 6.45) is 8.82. The highest BCUT2D eigenvalue weighted by Crippen LogP contribution is 2.16. The van der Waals surface area contributed by atoms with Crippen LogP contribution in [0, 0.1) is 0 Å². The van der Waals surface area contributed by atoms with Crippen molar-refractivity contribution in [2.24, 2.45) is 10.7 Å². The first-order valence-corrected chi connectivity index (χ1v) is 8.21. The molecule has 0 bridgehead atoms. The van der Waals surface area contributed by atoms with Crippen LogP contribution >= 0.6 is 24.0 Å². The number of aliphatic imine (C=N–C) groups is 1. The van der Waals surface area contributed by atoms with E-state index in [-0.39, 0.29) is 24.0 Å². The Balaban J connectivity index is 0.00000220. The Morgan fingerprint density at radius 1 is 1.14 bits per heavy atom. The van der Waals surface area contributed by atoms with Gasteiger partial charge in [-0.15, -0.1) is 24.0 Å². The molecule has 1 aliphatic heterocycles. The lowest BCUT2D eigenvalue weighted by molar-refractivity contribution is 0.0373. The van der Waals surface area contributed by atoms with Gasteiger partial charge in [-0.1, -0.05) is 19.3 Å². The van der Waals surface area contributed by atoms with E-state index >= 15 is 0 Å². The normalized spacial score (nSPS) is 21.8. The van der Waals surface area contributed by atoms with E-state index in [1.807, 2.05) is 0 Å². The quantitative estimate of drug-likeness (QED) is 0.304. The fourth-order valence-corrected chi connectivity index (χ4v) is 2.97. The van der Waals surface area contributed by atoms with Gasteiger partial charge >= 0.3 is 0 Å². The van der Waals surface area contributed by atoms with Crippen molar-refractivity contribution in [1.82, 2.24) is 10.2 Å². The lowest BCUT2D eigenvalue weighted by atomic mass is 9.96. The number of guanidine groups is 1. The van der Waals surface area contributed by atoms with Crippen molar-refractivity contribution in [3.63, 3.8) is 0 Å². The molecule has 0 atom stereocenters. The molecule has 1 saturated heterocycles. The average molecular weight is 410 g/mol. The molecule has 0 spiro atoms. The third-order valence-corrected chi connectivity index (χ3v) is 4.23. The number of rotatable bonds is 6. The van der Waals surface area contributed by atoms with Gasteiger partial charge in [0.25, 0.3) is 0 Å². The lowest BCUT2D eigenvalue weighted by Gasteiger charge is -2.26. The Labute approximate surface area is 146 Å². The third kappa shape index (κ3) is 8.21. The maximum Gasteiger partial charge on any atom is 0.188 e. The number of halogens is 1. The molecular formula is C15H31IN4O. The van der Waals surface area contributed by atoms with Crippen LogP contribution in [0.5, 0.6) is 0 Å². The molecule has 1 saturated carbocycles. The van der Waals surface area contributed by atoms with Gasteiger partial charge in [-0.25, -0.2) is 0 Å². The van der Waals surface area contributed by atoms with E-state index in [1.54, 1.807) is 0 Å². The first-order valence-electron chi connectivity index (χ1n) is 8.21. The second-order valence-electron chi connectivity index (χ2n) is 5.91. The highest BCUT2D eigenvalue weighted by molar-refractivity contribution is 14.0. The molecule has 0 radical (unpaired) electrons. The zero-order chi connectivity index (χ0) is 14.0. The van der Waals surface area contributed by atoms with Gasteiger partial charge in [0.15, 0.2) is 5.96 Å². The van der Waals surface area contributed by atoms with Crippen molar-refractivity contribution in [2.75, 3.05) is 39.4 Å². The van der Waals surface area contributed by atoms with Gasteiger partial charge in [0, 0.05) is 25.7 Å². The molecule has 0 amide bonds. The van der Waals surface area contributed by atoms with Crippen LogP contribution in [0.3, 0.4) is 0 Å². The standard InChI is InChI=1S/C15H30N4O.HI/c16-15(18-14-6-2-1-3-7-14)17-8-4-5-9-19-10-12-20-13-11-19;/h14H,1-13H2,(H3,16,17,18);1H. The van der Waals surface area contributed by atoms with Crippen molar-refractivity contribution >= 4 is 29.9 Å². The highest BCUT2D eigenvalue weighted by atomic mass is 127. The van der Waals surface area contributed by atoms with Gasteiger partial charge in [-0.2, -0.15) is 0 Å². The van der Waals surface area contributed by atoms with Crippen LogP contribution < -0.4 is 11.1 Å². The zero-order valence-corrected chi connectivity index (χ0v) is 15.4. The number of ether oxygens (including phenoxy) is 1. The molecular weight excluding hydrogens is 379 g/mol. The van der Waals surface area contributed by atoms with Gasteiger partial charge in [0.05, 0.1) is 13.2 Å². The minimum atomic E-state index is 0. The fraction of sp³-hybridized carbons (Fsp3) is 0.933. The SMILES string of the molecule is I.NC(=NCCCCN1CCOCC1)NC1CCCCC1. The van der Waals surface area contributed by atoms with E-state index in [0.29, 0.717) is 12.0 Å². The number of nitrogens with one attached hydrogen (secondary N) is 1. The monoisotopic (exact) mass is 410 g/mol. The van der Waals surface area contributed by atoms with Gasteiger partial charge in [0.2, 0.25) is 0 Å². The second kappa shape index (κ2) is 11.5. The minimum absolute atomic E-state index is 0. The number of unbranched alkanes of at least 4 members (excludes halogenated alkanes) is 1.